The van der Waals surface area contributed by atoms with Gasteiger partial charge in [-0.15, -0.1) is 0 Å². The molecular formula is C24H28BrFN2O3. The first-order valence-electron chi connectivity index (χ1n) is 10.2. The number of benzene rings is 2. The zero-order chi connectivity index (χ0) is 22.5. The Morgan fingerprint density at radius 1 is 1.10 bits per heavy atom. The second kappa shape index (κ2) is 10.3. The average molecular weight is 491 g/mol. The van der Waals surface area contributed by atoms with Crippen LogP contribution in [0.5, 0.6) is 11.5 Å². The Kier molecular flexibility index (Phi) is 7.73. The highest BCUT2D eigenvalue weighted by Crippen LogP contribution is 2.36. The van der Waals surface area contributed by atoms with E-state index < -0.39 is 0 Å². The van der Waals surface area contributed by atoms with Gasteiger partial charge in [-0.3, -0.25) is 9.69 Å². The van der Waals surface area contributed by atoms with Gasteiger partial charge in [0.2, 0.25) is 5.91 Å². The summed E-state index contributed by atoms with van der Waals surface area (Å²) in [6.07, 6.45) is 3.37. The van der Waals surface area contributed by atoms with Crippen molar-refractivity contribution in [3.05, 3.63) is 63.9 Å². The van der Waals surface area contributed by atoms with E-state index in [-0.39, 0.29) is 23.8 Å². The third-order valence-corrected chi connectivity index (χ3v) is 6.36. The van der Waals surface area contributed by atoms with Crippen molar-refractivity contribution in [3.8, 4) is 11.5 Å². The third kappa shape index (κ3) is 5.66. The summed E-state index contributed by atoms with van der Waals surface area (Å²) in [6, 6.07) is 10.7. The molecule has 166 valence electrons. The minimum Gasteiger partial charge on any atom is -0.495 e. The van der Waals surface area contributed by atoms with E-state index in [0.717, 1.165) is 22.1 Å². The summed E-state index contributed by atoms with van der Waals surface area (Å²) < 4.78 is 24.6. The monoisotopic (exact) mass is 490 g/mol. The fourth-order valence-corrected chi connectivity index (χ4v) is 4.46. The lowest BCUT2D eigenvalue weighted by Gasteiger charge is -2.44. The Labute approximate surface area is 191 Å². The Morgan fingerprint density at radius 3 is 2.16 bits per heavy atom. The summed E-state index contributed by atoms with van der Waals surface area (Å²) in [5, 5.41) is 0. The van der Waals surface area contributed by atoms with Crippen molar-refractivity contribution < 1.29 is 18.7 Å². The summed E-state index contributed by atoms with van der Waals surface area (Å²) in [6.45, 7) is 6.25. The third-order valence-electron chi connectivity index (χ3n) is 5.58. The van der Waals surface area contributed by atoms with Gasteiger partial charge in [-0.05, 0) is 71.2 Å². The number of rotatable bonds is 6. The largest absolute Gasteiger partial charge is 0.495 e. The summed E-state index contributed by atoms with van der Waals surface area (Å²) in [5.74, 6) is 1.03. The van der Waals surface area contributed by atoms with Crippen molar-refractivity contribution in [1.82, 2.24) is 9.80 Å². The summed E-state index contributed by atoms with van der Waals surface area (Å²) in [7, 11) is 3.18. The number of piperazine rings is 1. The van der Waals surface area contributed by atoms with E-state index in [1.165, 1.54) is 12.1 Å². The second-order valence-corrected chi connectivity index (χ2v) is 8.61. The quantitative estimate of drug-likeness (QED) is 0.548. The number of hydrogen-bond donors (Lipinski definition) is 0. The zero-order valence-electron chi connectivity index (χ0n) is 18.3. The van der Waals surface area contributed by atoms with Gasteiger partial charge in [-0.25, -0.2) is 4.39 Å². The molecule has 1 heterocycles. The van der Waals surface area contributed by atoms with Gasteiger partial charge in [-0.1, -0.05) is 12.1 Å². The van der Waals surface area contributed by atoms with Gasteiger partial charge < -0.3 is 14.4 Å². The number of carbonyl (C=O) groups is 1. The van der Waals surface area contributed by atoms with Gasteiger partial charge in [-0.2, -0.15) is 0 Å². The Morgan fingerprint density at radius 2 is 1.65 bits per heavy atom. The summed E-state index contributed by atoms with van der Waals surface area (Å²) in [4.78, 5) is 17.1. The minimum atomic E-state index is -0.229. The minimum absolute atomic E-state index is 0.0269. The van der Waals surface area contributed by atoms with Crippen LogP contribution in [0.25, 0.3) is 6.08 Å². The molecule has 2 aromatic carbocycles. The van der Waals surface area contributed by atoms with Crippen LogP contribution in [-0.2, 0) is 11.3 Å². The molecule has 1 fully saturated rings. The fraction of sp³-hybridized carbons (Fsp3) is 0.375. The van der Waals surface area contributed by atoms with E-state index in [0.29, 0.717) is 24.6 Å². The molecule has 1 aliphatic rings. The molecule has 0 N–H and O–H groups in total. The molecule has 0 unspecified atom stereocenters. The highest BCUT2D eigenvalue weighted by Gasteiger charge is 2.31. The van der Waals surface area contributed by atoms with E-state index in [4.69, 9.17) is 9.47 Å². The van der Waals surface area contributed by atoms with Crippen molar-refractivity contribution in [2.24, 2.45) is 0 Å². The summed E-state index contributed by atoms with van der Waals surface area (Å²) in [5.41, 5.74) is 1.89. The highest BCUT2D eigenvalue weighted by atomic mass is 79.9. The van der Waals surface area contributed by atoms with Crippen molar-refractivity contribution in [2.75, 3.05) is 27.3 Å². The number of halogens is 2. The molecule has 2 aromatic rings. The number of nitrogens with zero attached hydrogens (tertiary/aromatic N) is 2. The maximum atomic E-state index is 13.2. The van der Waals surface area contributed by atoms with Gasteiger partial charge in [0.25, 0.3) is 0 Å². The number of amides is 1. The van der Waals surface area contributed by atoms with Crippen molar-refractivity contribution in [1.29, 1.82) is 0 Å². The number of hydrogen-bond acceptors (Lipinski definition) is 4. The SMILES string of the molecule is COc1cc(C=CC(=O)N2C[C@H](C)N(Cc3ccc(F)cc3)[C@@H](C)C2)cc(OC)c1Br. The molecule has 0 aliphatic carbocycles. The molecule has 31 heavy (non-hydrogen) atoms. The lowest BCUT2D eigenvalue weighted by molar-refractivity contribution is -0.130. The smallest absolute Gasteiger partial charge is 0.246 e. The predicted molar refractivity (Wildman–Crippen MR) is 124 cm³/mol. The van der Waals surface area contributed by atoms with Crippen LogP contribution in [0.1, 0.15) is 25.0 Å². The predicted octanol–water partition coefficient (Wildman–Crippen LogP) is 4.74. The molecule has 5 nitrogen and oxygen atoms in total. The van der Waals surface area contributed by atoms with Crippen LogP contribution < -0.4 is 9.47 Å². The van der Waals surface area contributed by atoms with E-state index in [1.807, 2.05) is 29.2 Å². The molecule has 0 spiro atoms. The van der Waals surface area contributed by atoms with Gasteiger partial charge >= 0.3 is 0 Å². The van der Waals surface area contributed by atoms with E-state index in [2.05, 4.69) is 34.7 Å². The van der Waals surface area contributed by atoms with Crippen LogP contribution in [0.3, 0.4) is 0 Å². The first kappa shape index (κ1) is 23.3. The topological polar surface area (TPSA) is 42.0 Å². The number of carbonyl (C=O) groups excluding carboxylic acids is 1. The van der Waals surface area contributed by atoms with Crippen LogP contribution in [0.4, 0.5) is 4.39 Å². The van der Waals surface area contributed by atoms with Gasteiger partial charge in [0.1, 0.15) is 21.8 Å². The lowest BCUT2D eigenvalue weighted by atomic mass is 10.1. The molecule has 7 heteroatoms. The Bertz CT molecular complexity index is 911. The lowest BCUT2D eigenvalue weighted by Crippen LogP contribution is -2.57. The van der Waals surface area contributed by atoms with E-state index in [1.54, 1.807) is 26.4 Å². The normalized spacial score (nSPS) is 19.6. The Hall–Kier alpha value is -2.38. The number of ether oxygens (including phenoxy) is 2. The van der Waals surface area contributed by atoms with Crippen molar-refractivity contribution >= 4 is 27.9 Å². The van der Waals surface area contributed by atoms with Crippen LogP contribution in [0.15, 0.2) is 46.9 Å². The molecule has 1 saturated heterocycles. The second-order valence-electron chi connectivity index (χ2n) is 7.81. The average Bonchev–Trinajstić information content (AvgIpc) is 2.76. The van der Waals surface area contributed by atoms with Crippen LogP contribution in [-0.4, -0.2) is 55.1 Å². The van der Waals surface area contributed by atoms with E-state index in [9.17, 15) is 9.18 Å². The molecule has 0 saturated carbocycles. The molecule has 0 aromatic heterocycles. The van der Waals surface area contributed by atoms with Crippen LogP contribution in [0.2, 0.25) is 0 Å². The number of methoxy groups -OCH3 is 2. The highest BCUT2D eigenvalue weighted by molar-refractivity contribution is 9.10. The van der Waals surface area contributed by atoms with Crippen molar-refractivity contribution in [3.63, 3.8) is 0 Å². The van der Waals surface area contributed by atoms with Crippen LogP contribution in [0, 0.1) is 5.82 Å². The molecule has 1 aliphatic heterocycles. The molecular weight excluding hydrogens is 463 g/mol. The van der Waals surface area contributed by atoms with E-state index >= 15 is 0 Å². The fourth-order valence-electron chi connectivity index (χ4n) is 3.91. The van der Waals surface area contributed by atoms with Crippen molar-refractivity contribution in [2.45, 2.75) is 32.5 Å². The molecule has 0 bridgehead atoms. The molecule has 2 atom stereocenters. The van der Waals surface area contributed by atoms with Gasteiger partial charge in [0.05, 0.1) is 14.2 Å². The summed E-state index contributed by atoms with van der Waals surface area (Å²) >= 11 is 3.45. The standard InChI is InChI=1S/C24H28BrFN2O3/c1-16-13-27(14-17(2)28(16)15-18-5-8-20(26)9-6-18)23(29)10-7-19-11-21(30-3)24(25)22(12-19)31-4/h5-12,16-17H,13-15H2,1-4H3/t16-,17-/m0/s1. The first-order chi connectivity index (χ1) is 14.8. The van der Waals surface area contributed by atoms with Gasteiger partial charge in [0, 0.05) is 37.8 Å². The van der Waals surface area contributed by atoms with Gasteiger partial charge in [0.15, 0.2) is 0 Å². The maximum Gasteiger partial charge on any atom is 0.246 e. The Balaban J connectivity index is 1.66. The molecule has 0 radical (unpaired) electrons. The molecule has 3 rings (SSSR count). The first-order valence-corrected chi connectivity index (χ1v) is 11.0. The van der Waals surface area contributed by atoms with Crippen LogP contribution >= 0.6 is 15.9 Å². The molecule has 1 amide bonds. The maximum absolute atomic E-state index is 13.2. The zero-order valence-corrected chi connectivity index (χ0v) is 19.9.